The van der Waals surface area contributed by atoms with E-state index in [9.17, 15) is 4.79 Å². The van der Waals surface area contributed by atoms with Crippen LogP contribution in [0.5, 0.6) is 0 Å². The minimum atomic E-state index is -0.165. The summed E-state index contributed by atoms with van der Waals surface area (Å²) < 4.78 is 5.22. The van der Waals surface area contributed by atoms with E-state index in [1.807, 2.05) is 35.3 Å². The molecule has 0 bridgehead atoms. The molecule has 1 saturated heterocycles. The van der Waals surface area contributed by atoms with Crippen LogP contribution in [0.2, 0.25) is 0 Å². The van der Waals surface area contributed by atoms with Gasteiger partial charge in [-0.2, -0.15) is 11.8 Å². The number of urea groups is 1. The van der Waals surface area contributed by atoms with E-state index in [1.54, 1.807) is 12.5 Å². The molecule has 1 fully saturated rings. The molecule has 5 nitrogen and oxygen atoms in total. The van der Waals surface area contributed by atoms with Gasteiger partial charge >= 0.3 is 6.03 Å². The largest absolute Gasteiger partial charge is 0.472 e. The summed E-state index contributed by atoms with van der Waals surface area (Å²) >= 11 is 3.49. The predicted octanol–water partition coefficient (Wildman–Crippen LogP) is 3.25. The first-order chi connectivity index (χ1) is 10.8. The summed E-state index contributed by atoms with van der Waals surface area (Å²) in [4.78, 5) is 14.4. The maximum absolute atomic E-state index is 12.0. The molecule has 3 heterocycles. The second kappa shape index (κ2) is 7.71. The van der Waals surface area contributed by atoms with Gasteiger partial charge in [0.2, 0.25) is 0 Å². The lowest BCUT2D eigenvalue weighted by Gasteiger charge is -2.33. The van der Waals surface area contributed by atoms with Gasteiger partial charge in [0.25, 0.3) is 0 Å². The van der Waals surface area contributed by atoms with Crippen LogP contribution in [0.4, 0.5) is 9.80 Å². The molecule has 0 saturated carbocycles. The van der Waals surface area contributed by atoms with Crippen LogP contribution in [0.3, 0.4) is 0 Å². The van der Waals surface area contributed by atoms with E-state index in [-0.39, 0.29) is 12.1 Å². The van der Waals surface area contributed by atoms with E-state index < -0.39 is 0 Å². The average Bonchev–Trinajstić information content (AvgIpc) is 3.22. The monoisotopic (exact) mass is 337 g/mol. The third-order valence-electron chi connectivity index (χ3n) is 3.63. The van der Waals surface area contributed by atoms with Crippen molar-refractivity contribution in [2.75, 3.05) is 36.5 Å². The van der Waals surface area contributed by atoms with Crippen LogP contribution < -0.4 is 10.6 Å². The fraction of sp³-hybridized carbons (Fsp3) is 0.400. The fourth-order valence-corrected chi connectivity index (χ4v) is 4.05. The molecule has 1 atom stereocenters. The molecule has 0 spiro atoms. The van der Waals surface area contributed by atoms with Crippen molar-refractivity contribution in [3.05, 3.63) is 41.7 Å². The van der Waals surface area contributed by atoms with E-state index in [2.05, 4.69) is 15.5 Å². The van der Waals surface area contributed by atoms with Crippen molar-refractivity contribution in [1.82, 2.24) is 10.2 Å². The number of nitrogens with one attached hydrogen (secondary N) is 2. The molecule has 7 heteroatoms. The Bertz CT molecular complexity index is 566. The van der Waals surface area contributed by atoms with Crippen LogP contribution in [0.1, 0.15) is 11.6 Å². The molecule has 0 radical (unpaired) electrons. The molecule has 118 valence electrons. The molecule has 2 aromatic heterocycles. The second-order valence-electron chi connectivity index (χ2n) is 5.03. The van der Waals surface area contributed by atoms with Gasteiger partial charge in [-0.15, -0.1) is 11.3 Å². The summed E-state index contributed by atoms with van der Waals surface area (Å²) in [5.41, 5.74) is 1.11. The highest BCUT2D eigenvalue weighted by Crippen LogP contribution is 2.24. The van der Waals surface area contributed by atoms with Gasteiger partial charge in [-0.05, 0) is 23.6 Å². The highest BCUT2D eigenvalue weighted by atomic mass is 32.2. The highest BCUT2D eigenvalue weighted by molar-refractivity contribution is 7.99. The molecule has 0 aliphatic carbocycles. The van der Waals surface area contributed by atoms with Crippen molar-refractivity contribution in [2.45, 2.75) is 6.04 Å². The van der Waals surface area contributed by atoms with Crippen molar-refractivity contribution in [1.29, 1.82) is 0 Å². The Balaban J connectivity index is 1.59. The molecule has 2 N–H and O–H groups in total. The van der Waals surface area contributed by atoms with Crippen LogP contribution >= 0.6 is 23.1 Å². The number of thiophene rings is 1. The minimum absolute atomic E-state index is 0.161. The number of hydrogen-bond acceptors (Lipinski definition) is 5. The van der Waals surface area contributed by atoms with Gasteiger partial charge in [0.1, 0.15) is 0 Å². The maximum Gasteiger partial charge on any atom is 0.319 e. The maximum atomic E-state index is 12.0. The number of amides is 2. The van der Waals surface area contributed by atoms with Gasteiger partial charge in [0.15, 0.2) is 0 Å². The summed E-state index contributed by atoms with van der Waals surface area (Å²) in [6.07, 6.45) is 3.46. The minimum Gasteiger partial charge on any atom is -0.472 e. The molecule has 22 heavy (non-hydrogen) atoms. The lowest BCUT2D eigenvalue weighted by molar-refractivity contribution is 0.208. The van der Waals surface area contributed by atoms with Gasteiger partial charge in [-0.1, -0.05) is 0 Å². The quantitative estimate of drug-likeness (QED) is 0.879. The Morgan fingerprint density at radius 2 is 2.23 bits per heavy atom. The number of carbonyl (C=O) groups is 1. The first-order valence-corrected chi connectivity index (χ1v) is 9.28. The van der Waals surface area contributed by atoms with Gasteiger partial charge in [-0.3, -0.25) is 10.2 Å². The van der Waals surface area contributed by atoms with Crippen LogP contribution in [-0.2, 0) is 0 Å². The van der Waals surface area contributed by atoms with Crippen molar-refractivity contribution >= 4 is 34.1 Å². The van der Waals surface area contributed by atoms with Crippen molar-refractivity contribution in [3.63, 3.8) is 0 Å². The molecular formula is C15H19N3O2S2. The molecule has 2 amide bonds. The highest BCUT2D eigenvalue weighted by Gasteiger charge is 2.23. The van der Waals surface area contributed by atoms with Crippen LogP contribution in [0.15, 0.2) is 40.5 Å². The summed E-state index contributed by atoms with van der Waals surface area (Å²) in [5.74, 6) is 2.27. The lowest BCUT2D eigenvalue weighted by atomic mass is 10.1. The number of rotatable bonds is 5. The van der Waals surface area contributed by atoms with Crippen molar-refractivity contribution < 1.29 is 9.21 Å². The number of nitrogens with zero attached hydrogens (tertiary/aromatic N) is 1. The SMILES string of the molecule is O=C(NC[C@H](c1ccoc1)N1CCSCC1)Nc1cccs1. The summed E-state index contributed by atoms with van der Waals surface area (Å²) in [6.45, 7) is 2.64. The normalized spacial score (nSPS) is 17.1. The molecule has 1 aliphatic rings. The second-order valence-corrected chi connectivity index (χ2v) is 7.21. The van der Waals surface area contributed by atoms with Crippen molar-refractivity contribution in [3.8, 4) is 0 Å². The molecule has 1 aliphatic heterocycles. The number of hydrogen-bond donors (Lipinski definition) is 2. The number of carbonyl (C=O) groups excluding carboxylic acids is 1. The van der Waals surface area contributed by atoms with E-state index >= 15 is 0 Å². The third-order valence-corrected chi connectivity index (χ3v) is 5.36. The van der Waals surface area contributed by atoms with Crippen LogP contribution in [0, 0.1) is 0 Å². The average molecular weight is 337 g/mol. The summed E-state index contributed by atoms with van der Waals surface area (Å²) in [5, 5.41) is 8.61. The van der Waals surface area contributed by atoms with E-state index in [1.165, 1.54) is 11.3 Å². The first kappa shape index (κ1) is 15.5. The smallest absolute Gasteiger partial charge is 0.319 e. The number of thioether (sulfide) groups is 1. The van der Waals surface area contributed by atoms with E-state index in [4.69, 9.17) is 4.42 Å². The zero-order valence-corrected chi connectivity index (χ0v) is 13.8. The molecule has 2 aromatic rings. The molecule has 0 aromatic carbocycles. The van der Waals surface area contributed by atoms with E-state index in [0.29, 0.717) is 6.54 Å². The molecule has 0 unspecified atom stereocenters. The van der Waals surface area contributed by atoms with Crippen LogP contribution in [0.25, 0.3) is 0 Å². The zero-order valence-electron chi connectivity index (χ0n) is 12.2. The standard InChI is InChI=1S/C15H19N3O2S2/c19-15(17-14-2-1-7-22-14)16-10-13(12-3-6-20-11-12)18-4-8-21-9-5-18/h1-3,6-7,11,13H,4-5,8-10H2,(H2,16,17,19)/t13-/m1/s1. The topological polar surface area (TPSA) is 57.5 Å². The Morgan fingerprint density at radius 3 is 2.91 bits per heavy atom. The van der Waals surface area contributed by atoms with Gasteiger partial charge in [-0.25, -0.2) is 4.79 Å². The van der Waals surface area contributed by atoms with Gasteiger partial charge in [0.05, 0.1) is 23.6 Å². The van der Waals surface area contributed by atoms with Gasteiger partial charge < -0.3 is 9.73 Å². The number of furan rings is 1. The van der Waals surface area contributed by atoms with Crippen LogP contribution in [-0.4, -0.2) is 42.1 Å². The molecule has 3 rings (SSSR count). The third kappa shape index (κ3) is 4.06. The Kier molecular flexibility index (Phi) is 5.42. The zero-order chi connectivity index (χ0) is 15.2. The summed E-state index contributed by atoms with van der Waals surface area (Å²) in [6, 6.07) is 5.78. The Hall–Kier alpha value is -1.44. The number of anilines is 1. The predicted molar refractivity (Wildman–Crippen MR) is 91.7 cm³/mol. The fourth-order valence-electron chi connectivity index (χ4n) is 2.51. The molecular weight excluding hydrogens is 318 g/mol. The Labute approximate surface area is 138 Å². The lowest BCUT2D eigenvalue weighted by Crippen LogP contribution is -2.42. The summed E-state index contributed by atoms with van der Waals surface area (Å²) in [7, 11) is 0. The van der Waals surface area contributed by atoms with Gasteiger partial charge in [0, 0.05) is 36.7 Å². The Morgan fingerprint density at radius 1 is 1.36 bits per heavy atom. The first-order valence-electron chi connectivity index (χ1n) is 7.25. The van der Waals surface area contributed by atoms with E-state index in [0.717, 1.165) is 35.2 Å². The van der Waals surface area contributed by atoms with Crippen molar-refractivity contribution in [2.24, 2.45) is 0 Å².